The molecule has 0 fully saturated rings. The van der Waals surface area contributed by atoms with Crippen LogP contribution >= 0.6 is 11.6 Å². The van der Waals surface area contributed by atoms with Crippen molar-refractivity contribution < 1.29 is 37.0 Å². The van der Waals surface area contributed by atoms with E-state index in [1.54, 1.807) is 6.92 Å². The number of ether oxygens (including phenoxy) is 3. The molecule has 2 rings (SSSR count). The summed E-state index contributed by atoms with van der Waals surface area (Å²) in [6.45, 7) is 3.32. The van der Waals surface area contributed by atoms with Crippen LogP contribution in [-0.4, -0.2) is 29.4 Å². The lowest BCUT2D eigenvalue weighted by Crippen LogP contribution is -2.26. The molecule has 0 spiro atoms. The molecule has 6 nitrogen and oxygen atoms in total. The minimum Gasteiger partial charge on any atom is -0.483 e. The first-order valence-electron chi connectivity index (χ1n) is 8.45. The number of ketones is 1. The maximum Gasteiger partial charge on any atom is 0.417 e. The second-order valence-electron chi connectivity index (χ2n) is 5.79. The van der Waals surface area contributed by atoms with Gasteiger partial charge < -0.3 is 14.2 Å². The monoisotopic (exact) mass is 431 g/mol. The number of hydrogen-bond donors (Lipinski definition) is 0. The number of carbonyl (C=O) groups excluding carboxylic acids is 2. The van der Waals surface area contributed by atoms with Gasteiger partial charge in [0.05, 0.1) is 12.2 Å². The minimum atomic E-state index is -4.56. The van der Waals surface area contributed by atoms with Crippen LogP contribution in [0.4, 0.5) is 13.2 Å². The van der Waals surface area contributed by atoms with Crippen LogP contribution < -0.4 is 9.47 Å². The molecule has 1 heterocycles. The zero-order chi connectivity index (χ0) is 21.6. The molecule has 1 aromatic heterocycles. The Morgan fingerprint density at radius 1 is 1.17 bits per heavy atom. The Bertz CT molecular complexity index is 871. The maximum atomic E-state index is 12.6. The van der Waals surface area contributed by atoms with Crippen molar-refractivity contribution in [3.05, 3.63) is 47.1 Å². The highest BCUT2D eigenvalue weighted by Gasteiger charge is 2.31. The van der Waals surface area contributed by atoms with E-state index in [0.717, 1.165) is 6.07 Å². The molecule has 0 bridgehead atoms. The van der Waals surface area contributed by atoms with Crippen molar-refractivity contribution in [2.75, 3.05) is 6.61 Å². The summed E-state index contributed by atoms with van der Waals surface area (Å²) in [5.74, 6) is -0.681. The van der Waals surface area contributed by atoms with Gasteiger partial charge >= 0.3 is 12.1 Å². The molecule has 0 saturated heterocycles. The Hall–Kier alpha value is -2.81. The average molecular weight is 432 g/mol. The highest BCUT2D eigenvalue weighted by molar-refractivity contribution is 6.31. The fraction of sp³-hybridized carbons (Fsp3) is 0.316. The van der Waals surface area contributed by atoms with Gasteiger partial charge in [0.2, 0.25) is 5.88 Å². The standard InChI is InChI=1S/C19H17ClF3NO5/c1-3-27-17(26)9-16(25)11(2)28-13-4-6-14(7-5-13)29-18-15(20)8-12(10-24-18)19(21,22)23/h4-8,10-11H,3,9H2,1-2H3. The van der Waals surface area contributed by atoms with Gasteiger partial charge in [-0.2, -0.15) is 13.2 Å². The molecule has 0 aliphatic carbocycles. The molecule has 1 atom stereocenters. The van der Waals surface area contributed by atoms with E-state index in [1.807, 2.05) is 0 Å². The van der Waals surface area contributed by atoms with Crippen LogP contribution in [0.15, 0.2) is 36.5 Å². The van der Waals surface area contributed by atoms with Gasteiger partial charge in [-0.3, -0.25) is 9.59 Å². The first-order chi connectivity index (χ1) is 13.6. The van der Waals surface area contributed by atoms with Crippen LogP contribution in [0.3, 0.4) is 0 Å². The van der Waals surface area contributed by atoms with E-state index in [-0.39, 0.29) is 23.3 Å². The van der Waals surface area contributed by atoms with Gasteiger partial charge in [0.1, 0.15) is 22.9 Å². The second-order valence-corrected chi connectivity index (χ2v) is 6.20. The van der Waals surface area contributed by atoms with Gasteiger partial charge in [-0.1, -0.05) is 11.6 Å². The predicted molar refractivity (Wildman–Crippen MR) is 97.1 cm³/mol. The number of esters is 1. The Balaban J connectivity index is 1.98. The number of halogens is 4. The molecule has 1 aromatic carbocycles. The van der Waals surface area contributed by atoms with Crippen LogP contribution in [0, 0.1) is 0 Å². The number of alkyl halides is 3. The van der Waals surface area contributed by atoms with Crippen molar-refractivity contribution in [2.24, 2.45) is 0 Å². The molecule has 2 aromatic rings. The number of hydrogen-bond acceptors (Lipinski definition) is 6. The maximum absolute atomic E-state index is 12.6. The van der Waals surface area contributed by atoms with E-state index in [9.17, 15) is 22.8 Å². The fourth-order valence-electron chi connectivity index (χ4n) is 2.12. The Labute approximate surface area is 169 Å². The van der Waals surface area contributed by atoms with Crippen molar-refractivity contribution in [3.8, 4) is 17.4 Å². The first-order valence-corrected chi connectivity index (χ1v) is 8.83. The summed E-state index contributed by atoms with van der Waals surface area (Å²) >= 11 is 5.80. The lowest BCUT2D eigenvalue weighted by Gasteiger charge is -2.14. The number of pyridine rings is 1. The number of aromatic nitrogens is 1. The van der Waals surface area contributed by atoms with Gasteiger partial charge in [0.25, 0.3) is 0 Å². The Morgan fingerprint density at radius 2 is 1.79 bits per heavy atom. The first kappa shape index (κ1) is 22.5. The normalized spacial score (nSPS) is 12.2. The molecule has 0 aliphatic heterocycles. The van der Waals surface area contributed by atoms with E-state index in [4.69, 9.17) is 25.8 Å². The molecule has 1 unspecified atom stereocenters. The topological polar surface area (TPSA) is 74.7 Å². The lowest BCUT2D eigenvalue weighted by molar-refractivity contribution is -0.147. The Morgan fingerprint density at radius 3 is 2.34 bits per heavy atom. The summed E-state index contributed by atoms with van der Waals surface area (Å²) in [5, 5.41) is -0.293. The van der Waals surface area contributed by atoms with E-state index < -0.39 is 36.0 Å². The van der Waals surface area contributed by atoms with Crippen LogP contribution in [0.2, 0.25) is 5.02 Å². The number of rotatable bonds is 8. The molecule has 0 amide bonds. The number of carbonyl (C=O) groups is 2. The molecule has 156 valence electrons. The number of benzene rings is 1. The van der Waals surface area contributed by atoms with Crippen molar-refractivity contribution in [1.29, 1.82) is 0 Å². The summed E-state index contributed by atoms with van der Waals surface area (Å²) in [7, 11) is 0. The molecule has 0 radical (unpaired) electrons. The van der Waals surface area contributed by atoms with E-state index >= 15 is 0 Å². The third-order valence-corrected chi connectivity index (χ3v) is 3.83. The van der Waals surface area contributed by atoms with Gasteiger partial charge in [0, 0.05) is 6.20 Å². The van der Waals surface area contributed by atoms with Crippen LogP contribution in [0.25, 0.3) is 0 Å². The van der Waals surface area contributed by atoms with Crippen molar-refractivity contribution in [2.45, 2.75) is 32.5 Å². The molecular weight excluding hydrogens is 415 g/mol. The molecule has 0 aliphatic rings. The van der Waals surface area contributed by atoms with E-state index in [0.29, 0.717) is 11.9 Å². The Kier molecular flexibility index (Phi) is 7.44. The summed E-state index contributed by atoms with van der Waals surface area (Å²) in [6.07, 6.45) is -5.21. The summed E-state index contributed by atoms with van der Waals surface area (Å²) < 4.78 is 53.4. The summed E-state index contributed by atoms with van der Waals surface area (Å²) in [4.78, 5) is 26.8. The average Bonchev–Trinajstić information content (AvgIpc) is 2.64. The second kappa shape index (κ2) is 9.60. The minimum absolute atomic E-state index is 0.181. The predicted octanol–water partition coefficient (Wildman–Crippen LogP) is 4.84. The van der Waals surface area contributed by atoms with Gasteiger partial charge in [0.15, 0.2) is 11.9 Å². The molecular formula is C19H17ClF3NO5. The molecule has 0 N–H and O–H groups in total. The third-order valence-electron chi connectivity index (χ3n) is 3.56. The number of nitrogens with zero attached hydrogens (tertiary/aromatic N) is 1. The summed E-state index contributed by atoms with van der Waals surface area (Å²) in [5.41, 5.74) is -0.986. The van der Waals surface area contributed by atoms with E-state index in [2.05, 4.69) is 4.98 Å². The van der Waals surface area contributed by atoms with Gasteiger partial charge in [-0.15, -0.1) is 0 Å². The third kappa shape index (κ3) is 6.63. The van der Waals surface area contributed by atoms with Crippen LogP contribution in [-0.2, 0) is 20.5 Å². The van der Waals surface area contributed by atoms with Gasteiger partial charge in [-0.05, 0) is 44.2 Å². The number of Topliss-reactive ketones (excluding diaryl/α,β-unsaturated/α-hetero) is 1. The zero-order valence-corrected chi connectivity index (χ0v) is 16.2. The van der Waals surface area contributed by atoms with Crippen molar-refractivity contribution >= 4 is 23.4 Å². The van der Waals surface area contributed by atoms with Crippen molar-refractivity contribution in [3.63, 3.8) is 0 Å². The van der Waals surface area contributed by atoms with Crippen molar-refractivity contribution in [1.82, 2.24) is 4.98 Å². The molecule has 29 heavy (non-hydrogen) atoms. The van der Waals surface area contributed by atoms with E-state index in [1.165, 1.54) is 31.2 Å². The van der Waals surface area contributed by atoms with Gasteiger partial charge in [-0.25, -0.2) is 4.98 Å². The summed E-state index contributed by atoms with van der Waals surface area (Å²) in [6, 6.07) is 6.63. The molecule has 0 saturated carbocycles. The highest BCUT2D eigenvalue weighted by Crippen LogP contribution is 2.34. The lowest BCUT2D eigenvalue weighted by atomic mass is 10.2. The fourth-order valence-corrected chi connectivity index (χ4v) is 2.33. The highest BCUT2D eigenvalue weighted by atomic mass is 35.5. The van der Waals surface area contributed by atoms with Crippen LogP contribution in [0.1, 0.15) is 25.8 Å². The largest absolute Gasteiger partial charge is 0.483 e. The molecule has 10 heteroatoms. The SMILES string of the molecule is CCOC(=O)CC(=O)C(C)Oc1ccc(Oc2ncc(C(F)(F)F)cc2Cl)cc1. The quantitative estimate of drug-likeness (QED) is 0.440. The smallest absolute Gasteiger partial charge is 0.417 e. The zero-order valence-electron chi connectivity index (χ0n) is 15.5. The van der Waals surface area contributed by atoms with Crippen LogP contribution in [0.5, 0.6) is 17.4 Å².